The van der Waals surface area contributed by atoms with Crippen LogP contribution in [0.4, 0.5) is 5.69 Å². The molecule has 3 aromatic carbocycles. The van der Waals surface area contributed by atoms with Crippen molar-refractivity contribution < 1.29 is 9.21 Å². The highest BCUT2D eigenvalue weighted by Crippen LogP contribution is 2.24. The molecule has 0 fully saturated rings. The number of benzene rings is 3. The number of nitrogens with one attached hydrogen (secondary N) is 1. The molecular formula is C22H17ClN2O2. The van der Waals surface area contributed by atoms with Crippen LogP contribution < -0.4 is 5.32 Å². The number of anilines is 1. The SMILES string of the molecule is O=C(CCc1ncc(-c2ccc(Cl)cc2)o1)Nc1cccc2ccccc12. The molecule has 0 bridgehead atoms. The predicted molar refractivity (Wildman–Crippen MR) is 108 cm³/mol. The Morgan fingerprint density at radius 1 is 1.00 bits per heavy atom. The van der Waals surface area contributed by atoms with Crippen molar-refractivity contribution in [1.82, 2.24) is 4.98 Å². The lowest BCUT2D eigenvalue weighted by atomic mass is 10.1. The van der Waals surface area contributed by atoms with Crippen LogP contribution in [0.1, 0.15) is 12.3 Å². The van der Waals surface area contributed by atoms with Crippen molar-refractivity contribution in [2.45, 2.75) is 12.8 Å². The maximum atomic E-state index is 12.3. The van der Waals surface area contributed by atoms with E-state index in [2.05, 4.69) is 10.3 Å². The van der Waals surface area contributed by atoms with Crippen molar-refractivity contribution in [3.05, 3.63) is 83.8 Å². The van der Waals surface area contributed by atoms with Crippen molar-refractivity contribution in [3.63, 3.8) is 0 Å². The first kappa shape index (κ1) is 17.3. The molecule has 0 aliphatic carbocycles. The molecule has 0 unspecified atom stereocenters. The Balaban J connectivity index is 1.40. The summed E-state index contributed by atoms with van der Waals surface area (Å²) in [6.07, 6.45) is 2.40. The normalized spacial score (nSPS) is 10.9. The maximum Gasteiger partial charge on any atom is 0.224 e. The van der Waals surface area contributed by atoms with Crippen molar-refractivity contribution in [3.8, 4) is 11.3 Å². The molecule has 5 heteroatoms. The van der Waals surface area contributed by atoms with Crippen LogP contribution in [0, 0.1) is 0 Å². The fourth-order valence-electron chi connectivity index (χ4n) is 2.94. The van der Waals surface area contributed by atoms with Gasteiger partial charge in [-0.1, -0.05) is 48.0 Å². The van der Waals surface area contributed by atoms with Gasteiger partial charge in [-0.25, -0.2) is 4.98 Å². The summed E-state index contributed by atoms with van der Waals surface area (Å²) in [4.78, 5) is 16.6. The second-order valence-corrected chi connectivity index (χ2v) is 6.64. The Bertz CT molecular complexity index is 1080. The van der Waals surface area contributed by atoms with E-state index < -0.39 is 0 Å². The highest BCUT2D eigenvalue weighted by atomic mass is 35.5. The first-order valence-corrected chi connectivity index (χ1v) is 9.05. The van der Waals surface area contributed by atoms with E-state index in [9.17, 15) is 4.79 Å². The van der Waals surface area contributed by atoms with Gasteiger partial charge in [0.05, 0.1) is 6.20 Å². The molecule has 4 aromatic rings. The minimum atomic E-state index is -0.0717. The van der Waals surface area contributed by atoms with Crippen LogP contribution in [-0.4, -0.2) is 10.9 Å². The lowest BCUT2D eigenvalue weighted by Gasteiger charge is -2.08. The summed E-state index contributed by atoms with van der Waals surface area (Å²) in [5.74, 6) is 1.13. The Kier molecular flexibility index (Phi) is 4.90. The van der Waals surface area contributed by atoms with Crippen LogP contribution in [0.25, 0.3) is 22.1 Å². The average Bonchev–Trinajstić information content (AvgIpc) is 3.16. The molecule has 27 heavy (non-hydrogen) atoms. The number of aryl methyl sites for hydroxylation is 1. The molecule has 134 valence electrons. The van der Waals surface area contributed by atoms with Gasteiger partial charge in [-0.15, -0.1) is 0 Å². The quantitative estimate of drug-likeness (QED) is 0.484. The van der Waals surface area contributed by atoms with Crippen LogP contribution in [-0.2, 0) is 11.2 Å². The van der Waals surface area contributed by atoms with Crippen LogP contribution in [0.2, 0.25) is 5.02 Å². The third kappa shape index (κ3) is 4.01. The summed E-state index contributed by atoms with van der Waals surface area (Å²) in [6.45, 7) is 0. The van der Waals surface area contributed by atoms with E-state index in [1.54, 1.807) is 18.3 Å². The molecule has 1 heterocycles. The van der Waals surface area contributed by atoms with Gasteiger partial charge in [0.2, 0.25) is 5.91 Å². The summed E-state index contributed by atoms with van der Waals surface area (Å²) < 4.78 is 5.75. The molecule has 0 radical (unpaired) electrons. The summed E-state index contributed by atoms with van der Waals surface area (Å²) in [5, 5.41) is 5.76. The highest BCUT2D eigenvalue weighted by molar-refractivity contribution is 6.30. The van der Waals surface area contributed by atoms with Crippen molar-refractivity contribution in [2.75, 3.05) is 5.32 Å². The molecule has 1 N–H and O–H groups in total. The van der Waals surface area contributed by atoms with Crippen LogP contribution in [0.5, 0.6) is 0 Å². The van der Waals surface area contributed by atoms with Crippen LogP contribution >= 0.6 is 11.6 Å². The number of halogens is 1. The Hall–Kier alpha value is -3.11. The second-order valence-electron chi connectivity index (χ2n) is 6.20. The number of fused-ring (bicyclic) bond motifs is 1. The number of hydrogen-bond donors (Lipinski definition) is 1. The fourth-order valence-corrected chi connectivity index (χ4v) is 3.07. The Morgan fingerprint density at radius 3 is 2.63 bits per heavy atom. The molecule has 4 nitrogen and oxygen atoms in total. The van der Waals surface area contributed by atoms with Crippen molar-refractivity contribution in [2.24, 2.45) is 0 Å². The summed E-state index contributed by atoms with van der Waals surface area (Å²) >= 11 is 5.90. The lowest BCUT2D eigenvalue weighted by Crippen LogP contribution is -2.12. The minimum absolute atomic E-state index is 0.0717. The third-order valence-corrected chi connectivity index (χ3v) is 4.56. The number of rotatable bonds is 5. The van der Waals surface area contributed by atoms with Crippen LogP contribution in [0.15, 0.2) is 77.3 Å². The number of oxazole rings is 1. The molecule has 0 saturated carbocycles. The molecule has 0 saturated heterocycles. The number of carbonyl (C=O) groups excluding carboxylic acids is 1. The van der Waals surface area contributed by atoms with E-state index in [0.717, 1.165) is 22.0 Å². The summed E-state index contributed by atoms with van der Waals surface area (Å²) in [6, 6.07) is 21.2. The lowest BCUT2D eigenvalue weighted by molar-refractivity contribution is -0.116. The van der Waals surface area contributed by atoms with E-state index in [4.69, 9.17) is 16.0 Å². The van der Waals surface area contributed by atoms with Gasteiger partial charge in [-0.05, 0) is 35.7 Å². The predicted octanol–water partition coefficient (Wildman–Crippen LogP) is 5.72. The number of carbonyl (C=O) groups is 1. The van der Waals surface area contributed by atoms with Gasteiger partial charge in [-0.3, -0.25) is 4.79 Å². The molecule has 0 aliphatic heterocycles. The molecule has 1 amide bonds. The van der Waals surface area contributed by atoms with Gasteiger partial charge in [-0.2, -0.15) is 0 Å². The second kappa shape index (κ2) is 7.64. The largest absolute Gasteiger partial charge is 0.441 e. The van der Waals surface area contributed by atoms with Gasteiger partial charge in [0.25, 0.3) is 0 Å². The molecule has 1 aromatic heterocycles. The third-order valence-electron chi connectivity index (χ3n) is 4.31. The zero-order valence-electron chi connectivity index (χ0n) is 14.5. The summed E-state index contributed by atoms with van der Waals surface area (Å²) in [5.41, 5.74) is 1.71. The van der Waals surface area contributed by atoms with Gasteiger partial charge in [0.15, 0.2) is 11.7 Å². The van der Waals surface area contributed by atoms with Crippen molar-refractivity contribution in [1.29, 1.82) is 0 Å². The molecule has 4 rings (SSSR count). The van der Waals surface area contributed by atoms with Gasteiger partial charge in [0.1, 0.15) is 0 Å². The fraction of sp³-hybridized carbons (Fsp3) is 0.0909. The highest BCUT2D eigenvalue weighted by Gasteiger charge is 2.10. The van der Waals surface area contributed by atoms with E-state index in [1.165, 1.54) is 0 Å². The molecule has 0 atom stereocenters. The molecular weight excluding hydrogens is 360 g/mol. The van der Waals surface area contributed by atoms with Gasteiger partial charge in [0, 0.05) is 34.5 Å². The Labute approximate surface area is 161 Å². The van der Waals surface area contributed by atoms with Crippen molar-refractivity contribution >= 4 is 34.0 Å². The van der Waals surface area contributed by atoms with E-state index in [0.29, 0.717) is 29.5 Å². The molecule has 0 spiro atoms. The average molecular weight is 377 g/mol. The zero-order chi connectivity index (χ0) is 18.6. The number of amides is 1. The topological polar surface area (TPSA) is 55.1 Å². The monoisotopic (exact) mass is 376 g/mol. The van der Waals surface area contributed by atoms with E-state index in [-0.39, 0.29) is 5.91 Å². The van der Waals surface area contributed by atoms with Gasteiger partial charge < -0.3 is 9.73 Å². The first-order chi connectivity index (χ1) is 13.2. The number of aromatic nitrogens is 1. The van der Waals surface area contributed by atoms with Crippen LogP contribution in [0.3, 0.4) is 0 Å². The smallest absolute Gasteiger partial charge is 0.224 e. The summed E-state index contributed by atoms with van der Waals surface area (Å²) in [7, 11) is 0. The standard InChI is InChI=1S/C22H17ClN2O2/c23-17-10-8-16(9-11-17)20-14-24-22(27-20)13-12-21(26)25-19-7-3-5-15-4-1-2-6-18(15)19/h1-11,14H,12-13H2,(H,25,26). The minimum Gasteiger partial charge on any atom is -0.441 e. The van der Waals surface area contributed by atoms with E-state index >= 15 is 0 Å². The maximum absolute atomic E-state index is 12.3. The van der Waals surface area contributed by atoms with E-state index in [1.807, 2.05) is 54.6 Å². The van der Waals surface area contributed by atoms with Gasteiger partial charge >= 0.3 is 0 Å². The first-order valence-electron chi connectivity index (χ1n) is 8.67. The number of hydrogen-bond acceptors (Lipinski definition) is 3. The Morgan fingerprint density at radius 2 is 1.78 bits per heavy atom. The zero-order valence-corrected chi connectivity index (χ0v) is 15.2. The molecule has 0 aliphatic rings. The number of nitrogens with zero attached hydrogens (tertiary/aromatic N) is 1.